The molecule has 0 aliphatic heterocycles. The lowest BCUT2D eigenvalue weighted by Crippen LogP contribution is -2.27. The summed E-state index contributed by atoms with van der Waals surface area (Å²) in [6.07, 6.45) is -0.0848. The van der Waals surface area contributed by atoms with Gasteiger partial charge in [-0.1, -0.05) is 6.92 Å². The molecule has 0 aliphatic carbocycles. The molecule has 0 saturated heterocycles. The Morgan fingerprint density at radius 3 is 2.18 bits per heavy atom. The Morgan fingerprint density at radius 1 is 1.64 bits per heavy atom. The van der Waals surface area contributed by atoms with E-state index in [1.165, 1.54) is 5.43 Å². The van der Waals surface area contributed by atoms with E-state index in [1.807, 2.05) is 6.92 Å². The van der Waals surface area contributed by atoms with E-state index in [0.29, 0.717) is 0 Å². The van der Waals surface area contributed by atoms with Crippen LogP contribution < -0.4 is 11.3 Å². The summed E-state index contributed by atoms with van der Waals surface area (Å²) < 4.78 is 4.98. The number of ether oxygens (including phenoxy) is 1. The van der Waals surface area contributed by atoms with E-state index < -0.39 is 6.09 Å². The van der Waals surface area contributed by atoms with Crippen LogP contribution in [0.2, 0.25) is 0 Å². The molecule has 0 spiro atoms. The smallest absolute Gasteiger partial charge is 0.418 e. The van der Waals surface area contributed by atoms with Gasteiger partial charge in [-0.05, 0) is 13.3 Å². The largest absolute Gasteiger partial charge is 0.464 e. The summed E-state index contributed by atoms with van der Waals surface area (Å²) in [4.78, 5) is 9.13. The molecule has 0 aromatic carbocycles. The first-order valence-corrected chi connectivity index (χ1v) is 3.46. The molecule has 0 aliphatic rings. The van der Waals surface area contributed by atoms with Gasteiger partial charge >= 0.3 is 6.09 Å². The van der Waals surface area contributed by atoms with Crippen molar-refractivity contribution < 1.29 is 14.6 Å². The number of hydrogen-bond donors (Lipinski definition) is 3. The van der Waals surface area contributed by atoms with Crippen LogP contribution in [0.25, 0.3) is 0 Å². The highest BCUT2D eigenvalue weighted by Gasteiger charge is 1.77. The Bertz CT molecular complexity index is 83.9. The predicted octanol–water partition coefficient (Wildman–Crippen LogP) is 0.561. The molecular weight excluding hydrogens is 148 g/mol. The summed E-state index contributed by atoms with van der Waals surface area (Å²) in [5.41, 5.74) is 1.44. The second-order valence-electron chi connectivity index (χ2n) is 1.65. The van der Waals surface area contributed by atoms with Crippen LogP contribution in [0.1, 0.15) is 20.3 Å². The first-order chi connectivity index (χ1) is 5.18. The van der Waals surface area contributed by atoms with E-state index in [4.69, 9.17) is 14.6 Å². The van der Waals surface area contributed by atoms with Crippen molar-refractivity contribution in [2.75, 3.05) is 13.2 Å². The van der Waals surface area contributed by atoms with Gasteiger partial charge in [0, 0.05) is 13.2 Å². The van der Waals surface area contributed by atoms with Crippen LogP contribution in [0, 0.1) is 0 Å². The number of rotatable bonds is 3. The van der Waals surface area contributed by atoms with Gasteiger partial charge in [-0.2, -0.15) is 0 Å². The molecule has 5 nitrogen and oxygen atoms in total. The Balaban J connectivity index is 0. The Hall–Kier alpha value is -0.810. The first-order valence-electron chi connectivity index (χ1n) is 3.46. The minimum Gasteiger partial charge on any atom is -0.464 e. The zero-order valence-corrected chi connectivity index (χ0v) is 6.96. The lowest BCUT2D eigenvalue weighted by Gasteiger charge is -1.91. The number of nitrogens with one attached hydrogen (secondary N) is 1. The molecule has 5 heteroatoms. The average molecular weight is 164 g/mol. The monoisotopic (exact) mass is 164 g/mol. The molecular formula is C6H16N2O3. The molecule has 1 amide bonds. The second kappa shape index (κ2) is 11.9. The van der Waals surface area contributed by atoms with Crippen molar-refractivity contribution in [3.05, 3.63) is 0 Å². The van der Waals surface area contributed by atoms with Gasteiger partial charge in [0.15, 0.2) is 0 Å². The third-order valence-electron chi connectivity index (χ3n) is 0.676. The third kappa shape index (κ3) is 27.1. The average Bonchev–Trinajstić information content (AvgIpc) is 2.02. The topological polar surface area (TPSA) is 84.6 Å². The molecule has 0 rings (SSSR count). The van der Waals surface area contributed by atoms with Gasteiger partial charge in [-0.3, -0.25) is 5.43 Å². The summed E-state index contributed by atoms with van der Waals surface area (Å²) >= 11 is 0. The highest BCUT2D eigenvalue weighted by molar-refractivity contribution is 5.63. The molecule has 11 heavy (non-hydrogen) atoms. The number of nitrogens with two attached hydrogens (primary N) is 1. The fourth-order valence-electron chi connectivity index (χ4n) is 0.289. The van der Waals surface area contributed by atoms with Gasteiger partial charge < -0.3 is 9.84 Å². The third-order valence-corrected chi connectivity index (χ3v) is 0.676. The number of hydrazine groups is 1. The van der Waals surface area contributed by atoms with Crippen molar-refractivity contribution in [3.63, 3.8) is 0 Å². The lowest BCUT2D eigenvalue weighted by molar-refractivity contribution is 0.148. The van der Waals surface area contributed by atoms with Crippen molar-refractivity contribution in [1.29, 1.82) is 0 Å². The van der Waals surface area contributed by atoms with E-state index in [1.54, 1.807) is 0 Å². The maximum atomic E-state index is 9.13. The fraction of sp³-hybridized carbons (Fsp3) is 0.833. The Kier molecular flexibility index (Phi) is 13.9. The second-order valence-corrected chi connectivity index (χ2v) is 1.65. The van der Waals surface area contributed by atoms with Crippen molar-refractivity contribution in [3.8, 4) is 0 Å². The van der Waals surface area contributed by atoms with Crippen LogP contribution in [0.15, 0.2) is 0 Å². The van der Waals surface area contributed by atoms with Crippen LogP contribution in [0.5, 0.6) is 0 Å². The molecule has 0 atom stereocenters. The summed E-state index contributed by atoms with van der Waals surface area (Å²) in [7, 11) is 0. The van der Waals surface area contributed by atoms with Gasteiger partial charge in [-0.15, -0.1) is 0 Å². The van der Waals surface area contributed by atoms with E-state index in [0.717, 1.165) is 19.6 Å². The van der Waals surface area contributed by atoms with Gasteiger partial charge in [-0.25, -0.2) is 10.6 Å². The van der Waals surface area contributed by atoms with Gasteiger partial charge in [0.05, 0.1) is 0 Å². The van der Waals surface area contributed by atoms with Crippen molar-refractivity contribution >= 4 is 6.09 Å². The quantitative estimate of drug-likeness (QED) is 0.246. The Morgan fingerprint density at radius 2 is 2.09 bits per heavy atom. The highest BCUT2D eigenvalue weighted by Crippen LogP contribution is 1.75. The molecule has 0 aromatic heterocycles. The predicted molar refractivity (Wildman–Crippen MR) is 42.1 cm³/mol. The van der Waals surface area contributed by atoms with Gasteiger partial charge in [0.2, 0.25) is 0 Å². The lowest BCUT2D eigenvalue weighted by atomic mass is 10.5. The molecule has 0 radical (unpaired) electrons. The Labute approximate surface area is 66.5 Å². The number of hydrogen-bond acceptors (Lipinski definition) is 3. The van der Waals surface area contributed by atoms with Gasteiger partial charge in [0.25, 0.3) is 0 Å². The molecule has 0 aromatic rings. The molecule has 0 unspecified atom stereocenters. The summed E-state index contributed by atoms with van der Waals surface area (Å²) in [6, 6.07) is 0. The minimum atomic E-state index is -1.22. The van der Waals surface area contributed by atoms with Crippen LogP contribution in [0.4, 0.5) is 4.79 Å². The van der Waals surface area contributed by atoms with Crippen LogP contribution in [-0.2, 0) is 4.74 Å². The highest BCUT2D eigenvalue weighted by atomic mass is 16.5. The number of carboxylic acid groups (broad SMARTS) is 1. The molecule has 0 bridgehead atoms. The summed E-state index contributed by atoms with van der Waals surface area (Å²) in [6.45, 7) is 5.88. The SMILES string of the molecule is CCCOCC.NNC(=O)O. The van der Waals surface area contributed by atoms with Crippen molar-refractivity contribution in [2.45, 2.75) is 20.3 Å². The van der Waals surface area contributed by atoms with Crippen LogP contribution >= 0.6 is 0 Å². The van der Waals surface area contributed by atoms with Crippen LogP contribution in [0.3, 0.4) is 0 Å². The zero-order valence-electron chi connectivity index (χ0n) is 6.96. The maximum absolute atomic E-state index is 9.13. The minimum absolute atomic E-state index is 0.855. The first kappa shape index (κ1) is 12.8. The van der Waals surface area contributed by atoms with Gasteiger partial charge in [0.1, 0.15) is 0 Å². The van der Waals surface area contributed by atoms with E-state index in [9.17, 15) is 0 Å². The van der Waals surface area contributed by atoms with Crippen LogP contribution in [-0.4, -0.2) is 24.4 Å². The fourth-order valence-corrected chi connectivity index (χ4v) is 0.289. The molecule has 4 N–H and O–H groups in total. The summed E-state index contributed by atoms with van der Waals surface area (Å²) in [5.74, 6) is 4.32. The normalized spacial score (nSPS) is 7.91. The van der Waals surface area contributed by atoms with Crippen molar-refractivity contribution in [1.82, 2.24) is 5.43 Å². The molecule has 0 heterocycles. The molecule has 0 fully saturated rings. The summed E-state index contributed by atoms with van der Waals surface area (Å²) in [5, 5.41) is 7.49. The van der Waals surface area contributed by atoms with Crippen molar-refractivity contribution in [2.24, 2.45) is 5.84 Å². The number of amides is 1. The van der Waals surface area contributed by atoms with E-state index in [2.05, 4.69) is 12.8 Å². The molecule has 0 saturated carbocycles. The van der Waals surface area contributed by atoms with E-state index >= 15 is 0 Å². The zero-order chi connectivity index (χ0) is 9.11. The molecule has 68 valence electrons. The standard InChI is InChI=1S/C5H12O.CH4N2O2/c1-3-5-6-4-2;2-3-1(4)5/h3-5H2,1-2H3;3H,2H2,(H,4,5). The maximum Gasteiger partial charge on any atom is 0.418 e. The van der Waals surface area contributed by atoms with E-state index in [-0.39, 0.29) is 0 Å². The number of carbonyl (C=O) groups is 1.